The van der Waals surface area contributed by atoms with Gasteiger partial charge in [-0.25, -0.2) is 4.79 Å². The van der Waals surface area contributed by atoms with Gasteiger partial charge in [-0.05, 0) is 19.1 Å². The first-order valence-electron chi connectivity index (χ1n) is 9.62. The van der Waals surface area contributed by atoms with E-state index in [1.54, 1.807) is 24.0 Å². The summed E-state index contributed by atoms with van der Waals surface area (Å²) in [7, 11) is 0. The lowest BCUT2D eigenvalue weighted by molar-refractivity contribution is -0.384. The average Bonchev–Trinajstić information content (AvgIpc) is 3.06. The summed E-state index contributed by atoms with van der Waals surface area (Å²) < 4.78 is 4.93. The number of hydrogen-bond acceptors (Lipinski definition) is 8. The third kappa shape index (κ3) is 5.44. The topological polar surface area (TPSA) is 96.2 Å². The lowest BCUT2D eigenvalue weighted by Gasteiger charge is -2.36. The highest BCUT2D eigenvalue weighted by Gasteiger charge is 2.29. The van der Waals surface area contributed by atoms with Crippen LogP contribution in [0.1, 0.15) is 6.92 Å². The second-order valence-corrected chi connectivity index (χ2v) is 8.22. The number of carbonyl (C=O) groups excluding carboxylic acids is 2. The fourth-order valence-electron chi connectivity index (χ4n) is 3.42. The van der Waals surface area contributed by atoms with Crippen LogP contribution in [0, 0.1) is 10.1 Å². The zero-order chi connectivity index (χ0) is 21.7. The maximum atomic E-state index is 12.2. The number of anilines is 1. The van der Waals surface area contributed by atoms with Gasteiger partial charge in [0.15, 0.2) is 0 Å². The SMILES string of the molecule is CCOC(=O)/C=C1/SCC(=O)N1CCN1CCN(c2ccc(Cl)cc2[N+](=O)[O-])CC1. The van der Waals surface area contributed by atoms with E-state index in [0.29, 0.717) is 60.8 Å². The number of nitro benzene ring substituents is 1. The minimum atomic E-state index is -0.446. The number of amides is 1. The van der Waals surface area contributed by atoms with Crippen molar-refractivity contribution in [2.45, 2.75) is 6.92 Å². The standard InChI is InChI=1S/C19H23ClN4O5S/c1-2-29-19(26)12-18-23(17(25)13-30-18)10-7-21-5-8-22(9-6-21)15-4-3-14(20)11-16(15)24(27)28/h3-4,11-12H,2,5-10,13H2,1H3/b18-12+. The Morgan fingerprint density at radius 3 is 2.70 bits per heavy atom. The first-order chi connectivity index (χ1) is 14.4. The number of piperazine rings is 1. The van der Waals surface area contributed by atoms with Gasteiger partial charge in [0.25, 0.3) is 5.69 Å². The van der Waals surface area contributed by atoms with Crippen LogP contribution in [-0.4, -0.2) is 78.2 Å². The third-order valence-electron chi connectivity index (χ3n) is 4.93. The number of thioether (sulfide) groups is 1. The molecule has 1 aromatic carbocycles. The van der Waals surface area contributed by atoms with Crippen molar-refractivity contribution in [3.05, 3.63) is 44.4 Å². The van der Waals surface area contributed by atoms with Crippen molar-refractivity contribution < 1.29 is 19.2 Å². The van der Waals surface area contributed by atoms with E-state index in [-0.39, 0.29) is 18.2 Å². The Kier molecular flexibility index (Phi) is 7.57. The number of benzene rings is 1. The molecule has 0 unspecified atom stereocenters. The number of ether oxygens (including phenoxy) is 1. The molecule has 2 fully saturated rings. The highest BCUT2D eigenvalue weighted by Crippen LogP contribution is 2.32. The maximum absolute atomic E-state index is 12.2. The zero-order valence-electron chi connectivity index (χ0n) is 16.6. The van der Waals surface area contributed by atoms with Crippen molar-refractivity contribution in [3.63, 3.8) is 0 Å². The van der Waals surface area contributed by atoms with Crippen molar-refractivity contribution in [2.75, 3.05) is 56.5 Å². The Bertz CT molecular complexity index is 857. The number of nitro groups is 1. The molecule has 3 rings (SSSR count). The van der Waals surface area contributed by atoms with Crippen LogP contribution in [0.25, 0.3) is 0 Å². The van der Waals surface area contributed by atoms with Crippen molar-refractivity contribution in [1.82, 2.24) is 9.80 Å². The summed E-state index contributed by atoms with van der Waals surface area (Å²) in [6, 6.07) is 4.71. The van der Waals surface area contributed by atoms with Crippen LogP contribution >= 0.6 is 23.4 Å². The Hall–Kier alpha value is -2.30. The summed E-state index contributed by atoms with van der Waals surface area (Å²) in [5, 5.41) is 12.3. The van der Waals surface area contributed by atoms with E-state index in [9.17, 15) is 19.7 Å². The van der Waals surface area contributed by atoms with Gasteiger partial charge in [0.2, 0.25) is 5.91 Å². The summed E-state index contributed by atoms with van der Waals surface area (Å²) in [5.74, 6) is -0.150. The second-order valence-electron chi connectivity index (χ2n) is 6.79. The molecule has 2 heterocycles. The van der Waals surface area contributed by atoms with Gasteiger partial charge >= 0.3 is 5.97 Å². The highest BCUT2D eigenvalue weighted by atomic mass is 35.5. The minimum Gasteiger partial charge on any atom is -0.463 e. The largest absolute Gasteiger partial charge is 0.463 e. The first kappa shape index (κ1) is 22.4. The van der Waals surface area contributed by atoms with Gasteiger partial charge in [0.1, 0.15) is 5.69 Å². The predicted octanol–water partition coefficient (Wildman–Crippen LogP) is 2.35. The lowest BCUT2D eigenvalue weighted by atomic mass is 10.2. The molecule has 162 valence electrons. The fraction of sp³-hybridized carbons (Fsp3) is 0.474. The van der Waals surface area contributed by atoms with Gasteiger partial charge in [-0.2, -0.15) is 0 Å². The summed E-state index contributed by atoms with van der Waals surface area (Å²) in [5.41, 5.74) is 0.569. The van der Waals surface area contributed by atoms with E-state index >= 15 is 0 Å². The van der Waals surface area contributed by atoms with Gasteiger partial charge in [0, 0.05) is 50.4 Å². The molecule has 0 saturated carbocycles. The van der Waals surface area contributed by atoms with E-state index in [1.807, 2.05) is 4.90 Å². The predicted molar refractivity (Wildman–Crippen MR) is 116 cm³/mol. The Labute approximate surface area is 183 Å². The molecule has 1 amide bonds. The van der Waals surface area contributed by atoms with Crippen LogP contribution in [-0.2, 0) is 14.3 Å². The Morgan fingerprint density at radius 2 is 2.03 bits per heavy atom. The molecule has 1 aromatic rings. The number of halogens is 1. The third-order valence-corrected chi connectivity index (χ3v) is 6.19. The molecule has 0 bridgehead atoms. The maximum Gasteiger partial charge on any atom is 0.333 e. The first-order valence-corrected chi connectivity index (χ1v) is 11.0. The van der Waals surface area contributed by atoms with Gasteiger partial charge in [0.05, 0.1) is 28.4 Å². The van der Waals surface area contributed by atoms with E-state index in [4.69, 9.17) is 16.3 Å². The monoisotopic (exact) mass is 454 g/mol. The lowest BCUT2D eigenvalue weighted by Crippen LogP contribution is -2.48. The van der Waals surface area contributed by atoms with Gasteiger partial charge in [-0.3, -0.25) is 19.8 Å². The molecular weight excluding hydrogens is 432 g/mol. The molecule has 9 nitrogen and oxygen atoms in total. The van der Waals surface area contributed by atoms with Gasteiger partial charge in [-0.1, -0.05) is 23.4 Å². The number of nitrogens with zero attached hydrogens (tertiary/aromatic N) is 4. The molecule has 2 aliphatic heterocycles. The summed E-state index contributed by atoms with van der Waals surface area (Å²) in [4.78, 5) is 40.6. The molecule has 0 N–H and O–H groups in total. The molecule has 2 saturated heterocycles. The summed E-state index contributed by atoms with van der Waals surface area (Å²) in [6.07, 6.45) is 1.37. The molecule has 0 aliphatic carbocycles. The normalized spacial score (nSPS) is 18.9. The molecule has 0 aromatic heterocycles. The summed E-state index contributed by atoms with van der Waals surface area (Å²) >= 11 is 7.24. The summed E-state index contributed by atoms with van der Waals surface area (Å²) in [6.45, 7) is 5.86. The van der Waals surface area contributed by atoms with Crippen LogP contribution in [0.3, 0.4) is 0 Å². The van der Waals surface area contributed by atoms with Crippen molar-refractivity contribution in [2.24, 2.45) is 0 Å². The molecule has 30 heavy (non-hydrogen) atoms. The molecule has 0 radical (unpaired) electrons. The van der Waals surface area contributed by atoms with E-state index in [1.165, 1.54) is 23.9 Å². The number of esters is 1. The van der Waals surface area contributed by atoms with Crippen molar-refractivity contribution in [3.8, 4) is 0 Å². The molecule has 0 spiro atoms. The number of rotatable bonds is 7. The van der Waals surface area contributed by atoms with Crippen LogP contribution in [0.15, 0.2) is 29.3 Å². The fourth-order valence-corrected chi connectivity index (χ4v) is 4.54. The zero-order valence-corrected chi connectivity index (χ0v) is 18.2. The van der Waals surface area contributed by atoms with Crippen LogP contribution in [0.5, 0.6) is 0 Å². The number of carbonyl (C=O) groups is 2. The molecule has 0 atom stereocenters. The van der Waals surface area contributed by atoms with Crippen LogP contribution < -0.4 is 4.90 Å². The second kappa shape index (κ2) is 10.1. The van der Waals surface area contributed by atoms with E-state index in [2.05, 4.69) is 4.90 Å². The van der Waals surface area contributed by atoms with E-state index in [0.717, 1.165) is 0 Å². The minimum absolute atomic E-state index is 0.00406. The molecule has 11 heteroatoms. The van der Waals surface area contributed by atoms with Crippen LogP contribution in [0.2, 0.25) is 5.02 Å². The molecular formula is C19H23ClN4O5S. The smallest absolute Gasteiger partial charge is 0.333 e. The van der Waals surface area contributed by atoms with Crippen molar-refractivity contribution in [1.29, 1.82) is 0 Å². The van der Waals surface area contributed by atoms with E-state index < -0.39 is 10.9 Å². The van der Waals surface area contributed by atoms with Gasteiger partial charge in [-0.15, -0.1) is 0 Å². The van der Waals surface area contributed by atoms with Gasteiger partial charge < -0.3 is 14.5 Å². The van der Waals surface area contributed by atoms with Crippen molar-refractivity contribution >= 4 is 46.6 Å². The average molecular weight is 455 g/mol. The Morgan fingerprint density at radius 1 is 1.30 bits per heavy atom. The molecule has 2 aliphatic rings. The highest BCUT2D eigenvalue weighted by molar-refractivity contribution is 8.04. The Balaban J connectivity index is 1.56. The van der Waals surface area contributed by atoms with Crippen LogP contribution in [0.4, 0.5) is 11.4 Å². The quantitative estimate of drug-likeness (QED) is 0.268. The number of hydrogen-bond donors (Lipinski definition) is 0.